The number of rotatable bonds is 11. The molecular formula is C35H45N5O5S. The smallest absolute Gasteiger partial charge is 0.264 e. The molecule has 0 radical (unpaired) electrons. The molecule has 1 fully saturated rings. The Morgan fingerprint density at radius 3 is 2.43 bits per heavy atom. The van der Waals surface area contributed by atoms with E-state index in [1.807, 2.05) is 43.9 Å². The Balaban J connectivity index is 1.53. The first kappa shape index (κ1) is 33.4. The number of nitrogens with zero attached hydrogens (tertiary/aromatic N) is 3. The monoisotopic (exact) mass is 647 g/mol. The Labute approximate surface area is 272 Å². The number of hydrogen-bond donors (Lipinski definition) is 2. The highest BCUT2D eigenvalue weighted by Crippen LogP contribution is 2.41. The van der Waals surface area contributed by atoms with Gasteiger partial charge in [-0.25, -0.2) is 13.1 Å². The van der Waals surface area contributed by atoms with E-state index < -0.39 is 15.6 Å². The van der Waals surface area contributed by atoms with Crippen molar-refractivity contribution in [3.8, 4) is 11.1 Å². The van der Waals surface area contributed by atoms with Crippen LogP contribution in [0.1, 0.15) is 95.9 Å². The molecule has 0 bridgehead atoms. The van der Waals surface area contributed by atoms with E-state index in [1.165, 1.54) is 6.07 Å². The standard InChI is InChI=1S/C35H45N5O5S/c1-7-8-15-30-37-35(18-11-12-19-35)33(42)40(30)22-25-16-17-26(28(20-25)36-31(41)21-34(4,5)6)27-13-9-10-14-29(27)46(43,44)39-32-23(2)24(3)38-45-32/h9-10,13-14,16-17,20,39H,7-8,11-12,15,18-19,21-22H2,1-6H3,(H,36,41). The quantitative estimate of drug-likeness (QED) is 0.223. The summed E-state index contributed by atoms with van der Waals surface area (Å²) in [7, 11) is -4.11. The summed E-state index contributed by atoms with van der Waals surface area (Å²) < 4.78 is 35.2. The molecule has 1 aromatic heterocycles. The van der Waals surface area contributed by atoms with Gasteiger partial charge in [0.25, 0.3) is 15.9 Å². The van der Waals surface area contributed by atoms with Crippen LogP contribution in [0.2, 0.25) is 0 Å². The summed E-state index contributed by atoms with van der Waals surface area (Å²) >= 11 is 0. The Morgan fingerprint density at radius 1 is 1.07 bits per heavy atom. The van der Waals surface area contributed by atoms with Gasteiger partial charge in [-0.15, -0.1) is 0 Å². The molecule has 1 aliphatic carbocycles. The molecule has 46 heavy (non-hydrogen) atoms. The zero-order valence-electron chi connectivity index (χ0n) is 27.7. The molecule has 1 spiro atoms. The lowest BCUT2D eigenvalue weighted by Gasteiger charge is -2.24. The lowest BCUT2D eigenvalue weighted by atomic mass is 9.91. The van der Waals surface area contributed by atoms with E-state index in [9.17, 15) is 18.0 Å². The topological polar surface area (TPSA) is 134 Å². The number of anilines is 2. The number of carbonyl (C=O) groups is 2. The Bertz CT molecular complexity index is 1760. The van der Waals surface area contributed by atoms with Crippen molar-refractivity contribution in [3.63, 3.8) is 0 Å². The van der Waals surface area contributed by atoms with Crippen molar-refractivity contribution in [1.82, 2.24) is 10.1 Å². The average molecular weight is 648 g/mol. The van der Waals surface area contributed by atoms with E-state index >= 15 is 0 Å². The third-order valence-electron chi connectivity index (χ3n) is 8.72. The zero-order chi connectivity index (χ0) is 33.3. The first-order valence-corrected chi connectivity index (χ1v) is 17.6. The predicted octanol–water partition coefficient (Wildman–Crippen LogP) is 7.38. The fourth-order valence-corrected chi connectivity index (χ4v) is 7.47. The lowest BCUT2D eigenvalue weighted by Crippen LogP contribution is -2.40. The van der Waals surface area contributed by atoms with Crippen molar-refractivity contribution in [2.75, 3.05) is 10.0 Å². The second-order valence-corrected chi connectivity index (χ2v) is 15.4. The van der Waals surface area contributed by atoms with Crippen LogP contribution < -0.4 is 10.0 Å². The average Bonchev–Trinajstić information content (AvgIpc) is 3.66. The number of benzene rings is 2. The minimum absolute atomic E-state index is 0.0226. The van der Waals surface area contributed by atoms with E-state index in [4.69, 9.17) is 9.52 Å². The van der Waals surface area contributed by atoms with Crippen LogP contribution in [0.15, 0.2) is 56.9 Å². The first-order valence-electron chi connectivity index (χ1n) is 16.1. The van der Waals surface area contributed by atoms with Crippen LogP contribution >= 0.6 is 0 Å². The molecule has 1 saturated carbocycles. The molecule has 2 amide bonds. The van der Waals surface area contributed by atoms with Gasteiger partial charge in [0.05, 0.1) is 17.1 Å². The normalized spacial score (nSPS) is 16.3. The predicted molar refractivity (Wildman–Crippen MR) is 180 cm³/mol. The van der Waals surface area contributed by atoms with Gasteiger partial charge in [0.15, 0.2) is 0 Å². The first-order chi connectivity index (χ1) is 21.7. The van der Waals surface area contributed by atoms with Crippen molar-refractivity contribution in [3.05, 3.63) is 59.3 Å². The SMILES string of the molecule is CCCCC1=NC2(CCCC2)C(=O)N1Cc1ccc(-c2ccccc2S(=O)(=O)Nc2onc(C)c2C)c(NC(=O)CC(C)(C)C)c1. The fraction of sp³-hybridized carbons (Fsp3) is 0.486. The minimum atomic E-state index is -4.11. The molecule has 0 saturated heterocycles. The van der Waals surface area contributed by atoms with Crippen molar-refractivity contribution in [1.29, 1.82) is 0 Å². The number of nitrogens with one attached hydrogen (secondary N) is 2. The molecule has 1 aliphatic heterocycles. The van der Waals surface area contributed by atoms with Gasteiger partial charge in [-0.05, 0) is 56.2 Å². The molecule has 2 aliphatic rings. The highest BCUT2D eigenvalue weighted by Gasteiger charge is 2.49. The summed E-state index contributed by atoms with van der Waals surface area (Å²) in [6, 6.07) is 12.2. The van der Waals surface area contributed by atoms with Gasteiger partial charge in [-0.2, -0.15) is 0 Å². The van der Waals surface area contributed by atoms with Crippen LogP contribution in [-0.2, 0) is 26.2 Å². The summed E-state index contributed by atoms with van der Waals surface area (Å²) in [5.41, 5.74) is 2.51. The number of amidine groups is 1. The second-order valence-electron chi connectivity index (χ2n) is 13.8. The van der Waals surface area contributed by atoms with Crippen molar-refractivity contribution < 1.29 is 22.5 Å². The summed E-state index contributed by atoms with van der Waals surface area (Å²) in [6.45, 7) is 11.9. The van der Waals surface area contributed by atoms with Crippen LogP contribution in [0.4, 0.5) is 11.6 Å². The van der Waals surface area contributed by atoms with Gasteiger partial charge in [-0.1, -0.05) is 82.4 Å². The minimum Gasteiger partial charge on any atom is -0.337 e. The van der Waals surface area contributed by atoms with Gasteiger partial charge in [0.1, 0.15) is 11.4 Å². The Morgan fingerprint density at radius 2 is 1.78 bits per heavy atom. The van der Waals surface area contributed by atoms with E-state index in [0.717, 1.165) is 56.3 Å². The molecule has 0 atom stereocenters. The second kappa shape index (κ2) is 13.0. The number of carbonyl (C=O) groups excluding carboxylic acids is 2. The maximum Gasteiger partial charge on any atom is 0.264 e. The summed E-state index contributed by atoms with van der Waals surface area (Å²) in [6.07, 6.45) is 6.49. The molecule has 5 rings (SSSR count). The van der Waals surface area contributed by atoms with E-state index in [-0.39, 0.29) is 34.4 Å². The summed E-state index contributed by atoms with van der Waals surface area (Å²) in [5.74, 6) is 0.747. The van der Waals surface area contributed by atoms with Crippen molar-refractivity contribution >= 4 is 39.2 Å². The molecule has 2 N–H and O–H groups in total. The molecule has 2 heterocycles. The third-order valence-corrected chi connectivity index (χ3v) is 10.1. The molecule has 11 heteroatoms. The zero-order valence-corrected chi connectivity index (χ0v) is 28.5. The third kappa shape index (κ3) is 7.04. The molecule has 2 aromatic carbocycles. The van der Waals surface area contributed by atoms with Gasteiger partial charge in [0.2, 0.25) is 11.8 Å². The van der Waals surface area contributed by atoms with Crippen LogP contribution in [0.25, 0.3) is 11.1 Å². The summed E-state index contributed by atoms with van der Waals surface area (Å²) in [4.78, 5) is 33.9. The Kier molecular flexibility index (Phi) is 9.45. The number of aromatic nitrogens is 1. The number of amides is 2. The van der Waals surface area contributed by atoms with Gasteiger partial charge in [-0.3, -0.25) is 19.5 Å². The van der Waals surface area contributed by atoms with Gasteiger partial charge < -0.3 is 9.84 Å². The number of hydrogen-bond acceptors (Lipinski definition) is 7. The molecule has 10 nitrogen and oxygen atoms in total. The molecule has 0 unspecified atom stereocenters. The number of unbranched alkanes of at least 4 members (excludes halogenated alkanes) is 1. The number of sulfonamides is 1. The summed E-state index contributed by atoms with van der Waals surface area (Å²) in [5, 5.41) is 6.93. The van der Waals surface area contributed by atoms with Crippen LogP contribution in [0.5, 0.6) is 0 Å². The van der Waals surface area contributed by atoms with Crippen molar-refractivity contribution in [2.45, 2.75) is 110 Å². The van der Waals surface area contributed by atoms with Crippen molar-refractivity contribution in [2.24, 2.45) is 10.4 Å². The Hall–Kier alpha value is -3.99. The number of aryl methyl sites for hydroxylation is 1. The van der Waals surface area contributed by atoms with E-state index in [0.29, 0.717) is 34.6 Å². The maximum atomic E-state index is 13.8. The maximum absolute atomic E-state index is 13.8. The van der Waals surface area contributed by atoms with Crippen LogP contribution in [-0.4, -0.2) is 41.7 Å². The molecule has 3 aromatic rings. The van der Waals surface area contributed by atoms with Gasteiger partial charge in [0, 0.05) is 35.2 Å². The molecular weight excluding hydrogens is 602 g/mol. The molecule has 246 valence electrons. The van der Waals surface area contributed by atoms with Gasteiger partial charge >= 0.3 is 0 Å². The highest BCUT2D eigenvalue weighted by atomic mass is 32.2. The van der Waals surface area contributed by atoms with E-state index in [1.54, 1.807) is 32.0 Å². The van der Waals surface area contributed by atoms with Crippen LogP contribution in [0.3, 0.4) is 0 Å². The van der Waals surface area contributed by atoms with Crippen LogP contribution in [0, 0.1) is 19.3 Å². The highest BCUT2D eigenvalue weighted by molar-refractivity contribution is 7.92. The lowest BCUT2D eigenvalue weighted by molar-refractivity contribution is -0.131. The number of aliphatic imine (C=N–C) groups is 1. The van der Waals surface area contributed by atoms with E-state index in [2.05, 4.69) is 22.1 Å². The largest absolute Gasteiger partial charge is 0.337 e. The fourth-order valence-electron chi connectivity index (χ4n) is 6.20.